The number of benzene rings is 2. The Bertz CT molecular complexity index is 1020. The Morgan fingerprint density at radius 3 is 2.33 bits per heavy atom. The molecule has 1 amide bonds. The number of nitrogens with one attached hydrogen (secondary N) is 1. The van der Waals surface area contributed by atoms with Crippen LogP contribution < -0.4 is 10.1 Å². The van der Waals surface area contributed by atoms with Gasteiger partial charge in [-0.1, -0.05) is 18.2 Å². The second-order valence-corrected chi connectivity index (χ2v) is 7.31. The number of carbonyl (C=O) groups is 2. The topological polar surface area (TPSA) is 76.5 Å². The van der Waals surface area contributed by atoms with Crippen molar-refractivity contribution in [3.8, 4) is 11.4 Å². The molecule has 0 bridgehead atoms. The van der Waals surface area contributed by atoms with Gasteiger partial charge in [0.2, 0.25) is 5.91 Å². The number of carbonyl (C=O) groups excluding carboxylic acids is 2. The summed E-state index contributed by atoms with van der Waals surface area (Å²) in [7, 11) is 3.33. The number of aryl methyl sites for hydroxylation is 2. The molecule has 0 atom stereocenters. The van der Waals surface area contributed by atoms with Crippen molar-refractivity contribution in [2.45, 2.75) is 26.7 Å². The van der Waals surface area contributed by atoms with E-state index in [2.05, 4.69) is 10.4 Å². The first kappa shape index (κ1) is 21.1. The van der Waals surface area contributed by atoms with Crippen LogP contribution in [0.5, 0.6) is 5.75 Å². The van der Waals surface area contributed by atoms with Gasteiger partial charge in [0.25, 0.3) is 0 Å². The molecule has 1 heterocycles. The first-order chi connectivity index (χ1) is 14.3. The molecule has 0 aliphatic carbocycles. The highest BCUT2D eigenvalue weighted by Crippen LogP contribution is 2.29. The molecule has 0 spiro atoms. The molecule has 7 heteroatoms. The molecule has 1 aromatic heterocycles. The summed E-state index contributed by atoms with van der Waals surface area (Å²) in [5.41, 5.74) is 3.48. The van der Waals surface area contributed by atoms with Gasteiger partial charge < -0.3 is 15.0 Å². The predicted molar refractivity (Wildman–Crippen MR) is 116 cm³/mol. The van der Waals surface area contributed by atoms with E-state index in [4.69, 9.17) is 4.74 Å². The third-order valence-electron chi connectivity index (χ3n) is 4.60. The molecule has 30 heavy (non-hydrogen) atoms. The standard InChI is InChI=1S/C23H26N4O3/c1-16-14-18(24-20-12-13-27(25-20)19-8-6-5-7-9-19)15-17(2)23(16)30-22(29)11-10-21(28)26(3)4/h5-9,12-15H,10-11H2,1-4H3,(H,24,25). The summed E-state index contributed by atoms with van der Waals surface area (Å²) < 4.78 is 7.31. The molecule has 7 nitrogen and oxygen atoms in total. The number of hydrogen-bond acceptors (Lipinski definition) is 5. The van der Waals surface area contributed by atoms with Gasteiger partial charge >= 0.3 is 5.97 Å². The molecule has 2 aromatic carbocycles. The van der Waals surface area contributed by atoms with Crippen LogP contribution in [0.3, 0.4) is 0 Å². The Balaban J connectivity index is 1.67. The van der Waals surface area contributed by atoms with Gasteiger partial charge in [-0.15, -0.1) is 0 Å². The van der Waals surface area contributed by atoms with Crippen molar-refractivity contribution >= 4 is 23.4 Å². The van der Waals surface area contributed by atoms with E-state index in [9.17, 15) is 9.59 Å². The van der Waals surface area contributed by atoms with Gasteiger partial charge in [0.1, 0.15) is 5.75 Å². The quantitative estimate of drug-likeness (QED) is 0.474. The number of ether oxygens (including phenoxy) is 1. The van der Waals surface area contributed by atoms with E-state index >= 15 is 0 Å². The molecular formula is C23H26N4O3. The van der Waals surface area contributed by atoms with E-state index in [0.717, 1.165) is 22.5 Å². The number of esters is 1. The minimum atomic E-state index is -0.418. The summed E-state index contributed by atoms with van der Waals surface area (Å²) in [6.45, 7) is 3.77. The maximum Gasteiger partial charge on any atom is 0.311 e. The number of para-hydroxylation sites is 1. The fourth-order valence-electron chi connectivity index (χ4n) is 3.04. The first-order valence-electron chi connectivity index (χ1n) is 9.73. The Morgan fingerprint density at radius 2 is 1.70 bits per heavy atom. The van der Waals surface area contributed by atoms with E-state index in [1.165, 1.54) is 4.90 Å². The number of nitrogens with zero attached hydrogens (tertiary/aromatic N) is 3. The molecule has 0 radical (unpaired) electrons. The fourth-order valence-corrected chi connectivity index (χ4v) is 3.04. The molecular weight excluding hydrogens is 380 g/mol. The maximum absolute atomic E-state index is 12.1. The fraction of sp³-hybridized carbons (Fsp3) is 0.261. The Hall–Kier alpha value is -3.61. The highest BCUT2D eigenvalue weighted by Gasteiger charge is 2.14. The van der Waals surface area contributed by atoms with Crippen molar-refractivity contribution in [3.05, 3.63) is 65.9 Å². The summed E-state index contributed by atoms with van der Waals surface area (Å²) in [5.74, 6) is 0.718. The van der Waals surface area contributed by atoms with Gasteiger partial charge in [-0.2, -0.15) is 5.10 Å². The van der Waals surface area contributed by atoms with E-state index in [1.54, 1.807) is 18.8 Å². The van der Waals surface area contributed by atoms with Crippen LogP contribution in [0.25, 0.3) is 5.69 Å². The second-order valence-electron chi connectivity index (χ2n) is 7.31. The van der Waals surface area contributed by atoms with Crippen LogP contribution in [0.15, 0.2) is 54.7 Å². The summed E-state index contributed by atoms with van der Waals surface area (Å²) in [4.78, 5) is 25.2. The molecule has 0 aliphatic rings. The smallest absolute Gasteiger partial charge is 0.311 e. The summed E-state index contributed by atoms with van der Waals surface area (Å²) >= 11 is 0. The van der Waals surface area contributed by atoms with Crippen LogP contribution in [0.4, 0.5) is 11.5 Å². The zero-order valence-electron chi connectivity index (χ0n) is 17.7. The molecule has 0 unspecified atom stereocenters. The van der Waals surface area contributed by atoms with Crippen molar-refractivity contribution < 1.29 is 14.3 Å². The minimum absolute atomic E-state index is 0.0484. The lowest BCUT2D eigenvalue weighted by Gasteiger charge is -2.14. The third-order valence-corrected chi connectivity index (χ3v) is 4.60. The minimum Gasteiger partial charge on any atom is -0.426 e. The normalized spacial score (nSPS) is 10.5. The van der Waals surface area contributed by atoms with E-state index in [1.807, 2.05) is 68.6 Å². The number of hydrogen-bond donors (Lipinski definition) is 1. The molecule has 0 fully saturated rings. The average Bonchev–Trinajstić information content (AvgIpc) is 3.18. The first-order valence-corrected chi connectivity index (χ1v) is 9.73. The number of rotatable bonds is 7. The van der Waals surface area contributed by atoms with Gasteiger partial charge in [-0.25, -0.2) is 4.68 Å². The third kappa shape index (κ3) is 5.26. The molecule has 3 rings (SSSR count). The summed E-state index contributed by atoms with van der Waals surface area (Å²) in [6, 6.07) is 15.6. The van der Waals surface area contributed by atoms with E-state index in [-0.39, 0.29) is 18.7 Å². The lowest BCUT2D eigenvalue weighted by molar-refractivity contribution is -0.138. The largest absolute Gasteiger partial charge is 0.426 e. The molecule has 3 aromatic rings. The zero-order chi connectivity index (χ0) is 21.7. The molecule has 156 valence electrons. The van der Waals surface area contributed by atoms with Crippen molar-refractivity contribution in [2.75, 3.05) is 19.4 Å². The Morgan fingerprint density at radius 1 is 1.03 bits per heavy atom. The van der Waals surface area contributed by atoms with Crippen LogP contribution in [0, 0.1) is 13.8 Å². The summed E-state index contributed by atoms with van der Waals surface area (Å²) in [6.07, 6.45) is 2.07. The Labute approximate surface area is 176 Å². The second kappa shape index (κ2) is 9.26. The van der Waals surface area contributed by atoms with Gasteiger partial charge in [-0.3, -0.25) is 9.59 Å². The van der Waals surface area contributed by atoms with Crippen molar-refractivity contribution in [3.63, 3.8) is 0 Å². The van der Waals surface area contributed by atoms with Gasteiger partial charge in [0.15, 0.2) is 5.82 Å². The monoisotopic (exact) mass is 406 g/mol. The lowest BCUT2D eigenvalue weighted by atomic mass is 10.1. The van der Waals surface area contributed by atoms with Gasteiger partial charge in [0, 0.05) is 38.5 Å². The van der Waals surface area contributed by atoms with Crippen molar-refractivity contribution in [1.29, 1.82) is 0 Å². The molecule has 0 saturated carbocycles. The average molecular weight is 406 g/mol. The highest BCUT2D eigenvalue weighted by atomic mass is 16.5. The lowest BCUT2D eigenvalue weighted by Crippen LogP contribution is -2.23. The molecule has 0 saturated heterocycles. The van der Waals surface area contributed by atoms with Crippen LogP contribution >= 0.6 is 0 Å². The van der Waals surface area contributed by atoms with Crippen LogP contribution in [-0.2, 0) is 9.59 Å². The van der Waals surface area contributed by atoms with Crippen molar-refractivity contribution in [2.24, 2.45) is 0 Å². The zero-order valence-corrected chi connectivity index (χ0v) is 17.7. The van der Waals surface area contributed by atoms with Gasteiger partial charge in [-0.05, 0) is 49.2 Å². The maximum atomic E-state index is 12.1. The highest BCUT2D eigenvalue weighted by molar-refractivity contribution is 5.82. The van der Waals surface area contributed by atoms with Gasteiger partial charge in [0.05, 0.1) is 12.1 Å². The number of amides is 1. The van der Waals surface area contributed by atoms with Crippen LogP contribution in [-0.4, -0.2) is 40.7 Å². The van der Waals surface area contributed by atoms with Crippen LogP contribution in [0.2, 0.25) is 0 Å². The molecule has 1 N–H and O–H groups in total. The predicted octanol–water partition coefficient (Wildman–Crippen LogP) is 4.01. The SMILES string of the molecule is Cc1cc(Nc2ccn(-c3ccccc3)n2)cc(C)c1OC(=O)CCC(=O)N(C)C. The Kier molecular flexibility index (Phi) is 6.51. The van der Waals surface area contributed by atoms with E-state index in [0.29, 0.717) is 11.6 Å². The van der Waals surface area contributed by atoms with E-state index < -0.39 is 5.97 Å². The van der Waals surface area contributed by atoms with Crippen molar-refractivity contribution in [1.82, 2.24) is 14.7 Å². The number of anilines is 2. The number of aromatic nitrogens is 2. The van der Waals surface area contributed by atoms with Crippen LogP contribution in [0.1, 0.15) is 24.0 Å². The molecule has 0 aliphatic heterocycles. The summed E-state index contributed by atoms with van der Waals surface area (Å²) in [5, 5.41) is 7.83.